The van der Waals surface area contributed by atoms with Gasteiger partial charge in [0.1, 0.15) is 0 Å². The normalized spacial score (nSPS) is 16.6. The lowest BCUT2D eigenvalue weighted by Crippen LogP contribution is -2.31. The van der Waals surface area contributed by atoms with Crippen LogP contribution >= 0.6 is 0 Å². The Kier molecular flexibility index (Phi) is 4.75. The third-order valence-corrected chi connectivity index (χ3v) is 5.21. The Bertz CT molecular complexity index is 912. The van der Waals surface area contributed by atoms with Crippen molar-refractivity contribution in [3.63, 3.8) is 0 Å². The molecule has 0 saturated carbocycles. The summed E-state index contributed by atoms with van der Waals surface area (Å²) in [5.41, 5.74) is 4.50. The molecule has 1 unspecified atom stereocenters. The number of para-hydroxylation sites is 1. The van der Waals surface area contributed by atoms with Crippen LogP contribution in [0.2, 0.25) is 0 Å². The third-order valence-electron chi connectivity index (χ3n) is 5.21. The second kappa shape index (κ2) is 7.33. The number of aryl methyl sites for hydroxylation is 1. The van der Waals surface area contributed by atoms with Crippen molar-refractivity contribution in [3.8, 4) is 0 Å². The van der Waals surface area contributed by atoms with E-state index < -0.39 is 0 Å². The van der Waals surface area contributed by atoms with Crippen LogP contribution in [0.15, 0.2) is 36.8 Å². The number of carbonyl (C=O) groups excluding carboxylic acids is 1. The molecule has 6 nitrogen and oxygen atoms in total. The summed E-state index contributed by atoms with van der Waals surface area (Å²) in [5, 5.41) is 4.34. The predicted molar refractivity (Wildman–Crippen MR) is 99.9 cm³/mol. The van der Waals surface area contributed by atoms with Crippen molar-refractivity contribution in [1.29, 1.82) is 0 Å². The maximum absolute atomic E-state index is 12.9. The van der Waals surface area contributed by atoms with Gasteiger partial charge >= 0.3 is 0 Å². The summed E-state index contributed by atoms with van der Waals surface area (Å²) >= 11 is 0. The number of fused-ring (bicyclic) bond motifs is 3. The molecule has 0 aliphatic heterocycles. The Labute approximate surface area is 152 Å². The molecule has 3 aromatic rings. The van der Waals surface area contributed by atoms with Gasteiger partial charge in [0.25, 0.3) is 0 Å². The average Bonchev–Trinajstić information content (AvgIpc) is 3.28. The van der Waals surface area contributed by atoms with Crippen LogP contribution in [0.5, 0.6) is 0 Å². The molecule has 2 aromatic heterocycles. The highest BCUT2D eigenvalue weighted by atomic mass is 16.5. The minimum Gasteiger partial charge on any atom is -0.383 e. The van der Waals surface area contributed by atoms with Gasteiger partial charge in [-0.2, -0.15) is 0 Å². The van der Waals surface area contributed by atoms with E-state index in [1.807, 2.05) is 10.6 Å². The van der Waals surface area contributed by atoms with E-state index in [-0.39, 0.29) is 11.8 Å². The molecule has 0 spiro atoms. The molecular formula is C20H24N4O2. The van der Waals surface area contributed by atoms with E-state index in [4.69, 9.17) is 4.74 Å². The Morgan fingerprint density at radius 1 is 1.42 bits per heavy atom. The molecule has 1 aliphatic rings. The summed E-state index contributed by atoms with van der Waals surface area (Å²) in [6, 6.07) is 8.30. The maximum atomic E-state index is 12.9. The molecule has 1 aliphatic carbocycles. The van der Waals surface area contributed by atoms with Crippen LogP contribution in [-0.4, -0.2) is 34.2 Å². The molecule has 1 aromatic carbocycles. The molecule has 136 valence electrons. The summed E-state index contributed by atoms with van der Waals surface area (Å²) < 4.78 is 7.13. The summed E-state index contributed by atoms with van der Waals surface area (Å²) in [7, 11) is 1.68. The number of aromatic amines is 1. The monoisotopic (exact) mass is 352 g/mol. The number of carbonyl (C=O) groups is 1. The van der Waals surface area contributed by atoms with Gasteiger partial charge in [0.2, 0.25) is 5.91 Å². The van der Waals surface area contributed by atoms with E-state index >= 15 is 0 Å². The van der Waals surface area contributed by atoms with Gasteiger partial charge in [0, 0.05) is 36.4 Å². The molecular weight excluding hydrogens is 328 g/mol. The van der Waals surface area contributed by atoms with Crippen molar-refractivity contribution in [2.75, 3.05) is 13.7 Å². The second-order valence-corrected chi connectivity index (χ2v) is 6.80. The van der Waals surface area contributed by atoms with E-state index in [0.717, 1.165) is 42.7 Å². The number of hydrogen-bond donors (Lipinski definition) is 2. The number of rotatable bonds is 6. The highest BCUT2D eigenvalue weighted by molar-refractivity contribution is 5.90. The number of aromatic nitrogens is 3. The first-order valence-electron chi connectivity index (χ1n) is 9.13. The molecule has 1 atom stereocenters. The minimum absolute atomic E-state index is 0.0806. The average molecular weight is 352 g/mol. The van der Waals surface area contributed by atoms with Gasteiger partial charge in [-0.15, -0.1) is 0 Å². The van der Waals surface area contributed by atoms with Gasteiger partial charge in [-0.3, -0.25) is 4.79 Å². The van der Waals surface area contributed by atoms with E-state index in [1.165, 1.54) is 10.9 Å². The number of nitrogens with one attached hydrogen (secondary N) is 2. The molecule has 0 fully saturated rings. The van der Waals surface area contributed by atoms with Crippen LogP contribution in [0, 0.1) is 0 Å². The van der Waals surface area contributed by atoms with Crippen molar-refractivity contribution in [3.05, 3.63) is 53.7 Å². The number of methoxy groups -OCH3 is 1. The Balaban J connectivity index is 1.49. The largest absolute Gasteiger partial charge is 0.383 e. The number of benzene rings is 1. The fraction of sp³-hybridized carbons (Fsp3) is 0.400. The summed E-state index contributed by atoms with van der Waals surface area (Å²) in [6.45, 7) is 1.84. The fourth-order valence-corrected chi connectivity index (χ4v) is 3.86. The van der Waals surface area contributed by atoms with E-state index in [0.29, 0.717) is 13.2 Å². The first kappa shape index (κ1) is 16.8. The van der Waals surface area contributed by atoms with Crippen LogP contribution in [-0.2, 0) is 29.0 Å². The third kappa shape index (κ3) is 3.12. The van der Waals surface area contributed by atoms with Crippen LogP contribution in [0.3, 0.4) is 0 Å². The lowest BCUT2D eigenvalue weighted by atomic mass is 9.86. The van der Waals surface area contributed by atoms with Gasteiger partial charge in [0.15, 0.2) is 0 Å². The smallest absolute Gasteiger partial charge is 0.229 e. The fourth-order valence-electron chi connectivity index (χ4n) is 3.86. The van der Waals surface area contributed by atoms with Gasteiger partial charge in [-0.1, -0.05) is 18.2 Å². The Hall–Kier alpha value is -2.60. The Morgan fingerprint density at radius 2 is 2.31 bits per heavy atom. The second-order valence-electron chi connectivity index (χ2n) is 6.80. The Morgan fingerprint density at radius 3 is 3.19 bits per heavy atom. The lowest BCUT2D eigenvalue weighted by molar-refractivity contribution is -0.123. The zero-order valence-electron chi connectivity index (χ0n) is 15.0. The zero-order valence-corrected chi connectivity index (χ0v) is 15.0. The first-order valence-corrected chi connectivity index (χ1v) is 9.13. The van der Waals surface area contributed by atoms with Crippen LogP contribution in [0.25, 0.3) is 10.9 Å². The number of ether oxygens (including phenoxy) is 1. The molecule has 1 amide bonds. The summed E-state index contributed by atoms with van der Waals surface area (Å²) in [4.78, 5) is 20.5. The number of hydrogen-bond acceptors (Lipinski definition) is 3. The number of imidazole rings is 1. The van der Waals surface area contributed by atoms with Crippen LogP contribution < -0.4 is 5.32 Å². The molecule has 0 saturated heterocycles. The number of H-pyrrole nitrogens is 1. The van der Waals surface area contributed by atoms with E-state index in [1.54, 1.807) is 19.6 Å². The molecule has 2 N–H and O–H groups in total. The molecule has 0 bridgehead atoms. The van der Waals surface area contributed by atoms with Gasteiger partial charge in [-0.05, 0) is 30.9 Å². The quantitative estimate of drug-likeness (QED) is 0.716. The minimum atomic E-state index is -0.110. The zero-order chi connectivity index (χ0) is 17.9. The SMILES string of the molecule is COCCn1cncc1CNC(=O)C1CCCc2c1[nH]c1ccccc21. The van der Waals surface area contributed by atoms with Crippen molar-refractivity contribution in [2.45, 2.75) is 38.3 Å². The van der Waals surface area contributed by atoms with Gasteiger partial charge in [-0.25, -0.2) is 4.98 Å². The standard InChI is InChI=1S/C20H24N4O2/c1-26-10-9-24-13-21-11-14(24)12-22-20(25)17-7-4-6-16-15-5-2-3-8-18(15)23-19(16)17/h2-3,5,8,11,13,17,23H,4,6-7,9-10,12H2,1H3,(H,22,25). The predicted octanol–water partition coefficient (Wildman–Crippen LogP) is 2.75. The molecule has 26 heavy (non-hydrogen) atoms. The first-order chi connectivity index (χ1) is 12.8. The maximum Gasteiger partial charge on any atom is 0.229 e. The highest BCUT2D eigenvalue weighted by Gasteiger charge is 2.29. The van der Waals surface area contributed by atoms with E-state index in [9.17, 15) is 4.79 Å². The molecule has 4 rings (SSSR count). The lowest BCUT2D eigenvalue weighted by Gasteiger charge is -2.22. The molecule has 2 heterocycles. The van der Waals surface area contributed by atoms with Gasteiger partial charge < -0.3 is 19.6 Å². The van der Waals surface area contributed by atoms with Crippen molar-refractivity contribution in [1.82, 2.24) is 19.9 Å². The van der Waals surface area contributed by atoms with Crippen molar-refractivity contribution >= 4 is 16.8 Å². The summed E-state index contributed by atoms with van der Waals surface area (Å²) in [6.07, 6.45) is 6.53. The van der Waals surface area contributed by atoms with Crippen LogP contribution in [0.1, 0.15) is 35.7 Å². The highest BCUT2D eigenvalue weighted by Crippen LogP contribution is 2.36. The number of nitrogens with zero attached hydrogens (tertiary/aromatic N) is 2. The van der Waals surface area contributed by atoms with Crippen molar-refractivity contribution in [2.24, 2.45) is 0 Å². The van der Waals surface area contributed by atoms with Crippen LogP contribution in [0.4, 0.5) is 0 Å². The topological polar surface area (TPSA) is 71.9 Å². The molecule has 0 radical (unpaired) electrons. The number of amides is 1. The van der Waals surface area contributed by atoms with E-state index in [2.05, 4.69) is 33.5 Å². The summed E-state index contributed by atoms with van der Waals surface area (Å²) in [5.74, 6) is -0.0292. The van der Waals surface area contributed by atoms with Crippen molar-refractivity contribution < 1.29 is 9.53 Å². The van der Waals surface area contributed by atoms with Gasteiger partial charge in [0.05, 0.1) is 31.1 Å². The molecule has 6 heteroatoms.